The fourth-order valence-corrected chi connectivity index (χ4v) is 4.51. The summed E-state index contributed by atoms with van der Waals surface area (Å²) in [7, 11) is 1.42. The largest absolute Gasteiger partial charge is 0.507 e. The van der Waals surface area contributed by atoms with Gasteiger partial charge in [-0.3, -0.25) is 14.4 Å². The molecule has 14 heteroatoms. The first kappa shape index (κ1) is 30.2. The molecule has 0 aliphatic heterocycles. The lowest BCUT2D eigenvalue weighted by molar-refractivity contribution is -0.137. The molecular weight excluding hydrogens is 600 g/mol. The average molecular weight is 619 g/mol. The number of phenols is 1. The average Bonchev–Trinajstić information content (AvgIpc) is 3.48. The van der Waals surface area contributed by atoms with E-state index in [2.05, 4.69) is 10.3 Å². The van der Waals surface area contributed by atoms with E-state index in [9.17, 15) is 37.9 Å². The smallest absolute Gasteiger partial charge is 0.416 e. The fourth-order valence-electron chi connectivity index (χ4n) is 4.05. The van der Waals surface area contributed by atoms with E-state index < -0.39 is 40.4 Å². The van der Waals surface area contributed by atoms with Crippen LogP contribution in [-0.2, 0) is 17.5 Å². The van der Waals surface area contributed by atoms with Gasteiger partial charge in [0.15, 0.2) is 5.76 Å². The van der Waals surface area contributed by atoms with Crippen LogP contribution in [0.3, 0.4) is 0 Å². The maximum Gasteiger partial charge on any atom is 0.416 e. The number of likely N-dealkylation sites (N-methyl/N-ethyl adjacent to an activating group) is 1. The predicted octanol–water partition coefficient (Wildman–Crippen LogP) is 5.59. The number of furan rings is 1. The highest BCUT2D eigenvalue weighted by Crippen LogP contribution is 2.39. The molecular formula is C28H19Cl2F3N4O5. The Labute approximate surface area is 245 Å². The lowest BCUT2D eigenvalue weighted by atomic mass is 9.96. The van der Waals surface area contributed by atoms with Gasteiger partial charge in [0, 0.05) is 45.9 Å². The molecule has 0 bridgehead atoms. The zero-order valence-electron chi connectivity index (χ0n) is 21.5. The molecule has 0 radical (unpaired) electrons. The number of aromatic nitrogens is 1. The van der Waals surface area contributed by atoms with Crippen molar-refractivity contribution in [2.45, 2.75) is 12.7 Å². The maximum absolute atomic E-state index is 13.4. The number of carbonyl (C=O) groups is 2. The molecule has 9 nitrogen and oxygen atoms in total. The number of benzene rings is 2. The fraction of sp³-hybridized carbons (Fsp3) is 0.143. The van der Waals surface area contributed by atoms with Gasteiger partial charge in [0.25, 0.3) is 11.5 Å². The van der Waals surface area contributed by atoms with Crippen LogP contribution in [0.15, 0.2) is 64.0 Å². The number of pyridine rings is 1. The van der Waals surface area contributed by atoms with Crippen molar-refractivity contribution < 1.29 is 32.3 Å². The third-order valence-corrected chi connectivity index (χ3v) is 6.70. The maximum atomic E-state index is 13.4. The summed E-state index contributed by atoms with van der Waals surface area (Å²) < 4.78 is 45.2. The molecule has 2 amide bonds. The van der Waals surface area contributed by atoms with Crippen molar-refractivity contribution >= 4 is 35.0 Å². The second-order valence-electron chi connectivity index (χ2n) is 8.98. The molecule has 42 heavy (non-hydrogen) atoms. The van der Waals surface area contributed by atoms with Crippen LogP contribution in [0.4, 0.5) is 13.2 Å². The van der Waals surface area contributed by atoms with Gasteiger partial charge in [-0.05, 0) is 48.5 Å². The minimum atomic E-state index is -4.72. The van der Waals surface area contributed by atoms with Gasteiger partial charge in [0.05, 0.1) is 24.1 Å². The Morgan fingerprint density at radius 2 is 1.86 bits per heavy atom. The number of nitrogens with zero attached hydrogens (tertiary/aromatic N) is 2. The van der Waals surface area contributed by atoms with Crippen molar-refractivity contribution in [2.24, 2.45) is 0 Å². The van der Waals surface area contributed by atoms with Crippen LogP contribution in [0.2, 0.25) is 10.0 Å². The number of nitrogens with one attached hydrogen (secondary N) is 2. The number of amides is 2. The first-order valence-electron chi connectivity index (χ1n) is 11.9. The molecule has 0 fully saturated rings. The molecule has 0 spiro atoms. The normalized spacial score (nSPS) is 11.2. The molecule has 216 valence electrons. The molecule has 0 unspecified atom stereocenters. The second kappa shape index (κ2) is 12.0. The van der Waals surface area contributed by atoms with E-state index in [4.69, 9.17) is 27.6 Å². The Hall–Kier alpha value is -4.73. The summed E-state index contributed by atoms with van der Waals surface area (Å²) in [5.74, 6) is -1.51. The van der Waals surface area contributed by atoms with Crippen LogP contribution < -0.4 is 10.9 Å². The van der Waals surface area contributed by atoms with Gasteiger partial charge in [-0.2, -0.15) is 18.4 Å². The molecule has 2 heterocycles. The number of aromatic hydroxyl groups is 1. The van der Waals surface area contributed by atoms with Crippen LogP contribution in [-0.4, -0.2) is 40.4 Å². The van der Waals surface area contributed by atoms with Gasteiger partial charge in [-0.15, -0.1) is 0 Å². The van der Waals surface area contributed by atoms with Crippen molar-refractivity contribution in [2.75, 3.05) is 13.6 Å². The molecule has 4 aromatic rings. The Bertz CT molecular complexity index is 1780. The van der Waals surface area contributed by atoms with Gasteiger partial charge in [0.2, 0.25) is 5.91 Å². The number of H-pyrrole nitrogens is 1. The Kier molecular flexibility index (Phi) is 8.65. The summed E-state index contributed by atoms with van der Waals surface area (Å²) in [4.78, 5) is 41.1. The zero-order chi connectivity index (χ0) is 30.8. The molecule has 0 saturated heterocycles. The second-order valence-corrected chi connectivity index (χ2v) is 9.82. The monoisotopic (exact) mass is 618 g/mol. The van der Waals surface area contributed by atoms with Crippen molar-refractivity contribution in [1.82, 2.24) is 15.2 Å². The lowest BCUT2D eigenvalue weighted by Gasteiger charge is -2.20. The van der Waals surface area contributed by atoms with E-state index >= 15 is 0 Å². The van der Waals surface area contributed by atoms with Crippen LogP contribution >= 0.6 is 23.2 Å². The van der Waals surface area contributed by atoms with Crippen LogP contribution in [0.5, 0.6) is 5.75 Å². The molecule has 0 aliphatic rings. The highest BCUT2D eigenvalue weighted by molar-refractivity contribution is 6.33. The summed E-state index contributed by atoms with van der Waals surface area (Å²) in [5.41, 5.74) is -2.88. The minimum Gasteiger partial charge on any atom is -0.507 e. The van der Waals surface area contributed by atoms with E-state index in [1.165, 1.54) is 48.5 Å². The van der Waals surface area contributed by atoms with Crippen molar-refractivity contribution in [3.63, 3.8) is 0 Å². The third-order valence-electron chi connectivity index (χ3n) is 6.15. The van der Waals surface area contributed by atoms with E-state index in [0.717, 1.165) is 18.2 Å². The summed E-state index contributed by atoms with van der Waals surface area (Å²) >= 11 is 12.4. The van der Waals surface area contributed by atoms with Crippen LogP contribution in [0, 0.1) is 11.3 Å². The number of phenolic OH excluding ortho intramolecular Hbond substituents is 1. The summed E-state index contributed by atoms with van der Waals surface area (Å²) in [6.07, 6.45) is -3.41. The van der Waals surface area contributed by atoms with Crippen LogP contribution in [0.1, 0.15) is 27.2 Å². The standard InChI is InChI=1S/C28H19Cl2F3N4O5/c1-37(24(38)12-35-27(41)23-3-2-6-42-23)13-14-7-16(29)9-19(25(14)39)22-10-17(20(11-34)26(40)36-22)18-8-15(28(31,32)33)4-5-21(18)30/h2-10,39H,12-13H2,1H3,(H,35,41)(H,36,40). The van der Waals surface area contributed by atoms with Gasteiger partial charge in [-0.1, -0.05) is 23.2 Å². The first-order chi connectivity index (χ1) is 19.8. The van der Waals surface area contributed by atoms with Gasteiger partial charge >= 0.3 is 6.18 Å². The lowest BCUT2D eigenvalue weighted by Crippen LogP contribution is -2.37. The van der Waals surface area contributed by atoms with Gasteiger partial charge in [0.1, 0.15) is 17.4 Å². The Balaban J connectivity index is 1.69. The number of rotatable bonds is 7. The molecule has 4 rings (SSSR count). The molecule has 2 aromatic carbocycles. The Morgan fingerprint density at radius 3 is 2.50 bits per heavy atom. The van der Waals surface area contributed by atoms with Gasteiger partial charge < -0.3 is 24.7 Å². The highest BCUT2D eigenvalue weighted by Gasteiger charge is 2.31. The number of nitriles is 1. The first-order valence-corrected chi connectivity index (χ1v) is 12.7. The number of hydrogen-bond donors (Lipinski definition) is 3. The van der Waals surface area contributed by atoms with Gasteiger partial charge in [-0.25, -0.2) is 0 Å². The van der Waals surface area contributed by atoms with Crippen LogP contribution in [0.25, 0.3) is 22.4 Å². The topological polar surface area (TPSA) is 139 Å². The zero-order valence-corrected chi connectivity index (χ0v) is 23.0. The number of hydrogen-bond acceptors (Lipinski definition) is 6. The summed E-state index contributed by atoms with van der Waals surface area (Å²) in [5, 5.41) is 23.0. The third kappa shape index (κ3) is 6.43. The predicted molar refractivity (Wildman–Crippen MR) is 147 cm³/mol. The summed E-state index contributed by atoms with van der Waals surface area (Å²) in [6.45, 7) is -0.560. The molecule has 3 N–H and O–H groups in total. The van der Waals surface area contributed by atoms with E-state index in [1.807, 2.05) is 0 Å². The number of alkyl halides is 3. The summed E-state index contributed by atoms with van der Waals surface area (Å²) in [6, 6.07) is 11.0. The van der Waals surface area contributed by atoms with Crippen molar-refractivity contribution in [1.29, 1.82) is 5.26 Å². The van der Waals surface area contributed by atoms with E-state index in [1.54, 1.807) is 6.07 Å². The van der Waals surface area contributed by atoms with E-state index in [-0.39, 0.29) is 56.8 Å². The Morgan fingerprint density at radius 1 is 1.12 bits per heavy atom. The number of carbonyl (C=O) groups excluding carboxylic acids is 2. The van der Waals surface area contributed by atoms with E-state index in [0.29, 0.717) is 0 Å². The molecule has 0 atom stereocenters. The van der Waals surface area contributed by atoms with Crippen molar-refractivity contribution in [3.8, 4) is 34.2 Å². The van der Waals surface area contributed by atoms with Crippen molar-refractivity contribution in [3.05, 3.63) is 97.6 Å². The minimum absolute atomic E-state index is 0.0183. The number of halogens is 5. The highest BCUT2D eigenvalue weighted by atomic mass is 35.5. The molecule has 0 aliphatic carbocycles. The molecule has 0 saturated carbocycles. The SMILES string of the molecule is CN(Cc1cc(Cl)cc(-c2cc(-c3cc(C(F)(F)F)ccc3Cl)c(C#N)c(=O)[nH]2)c1O)C(=O)CNC(=O)c1ccco1. The molecule has 2 aromatic heterocycles. The number of aromatic amines is 1. The quantitative estimate of drug-likeness (QED) is 0.247.